The van der Waals surface area contributed by atoms with E-state index in [4.69, 9.17) is 23.2 Å². The molecule has 238 valence electrons. The molecule has 4 heterocycles. The SMILES string of the molecule is Cc1[nH]c(C=C2C(=O)Nc3ccc(S(=O)(=O)Cc4c(Cl)cccc4Cl)cc32)c(C)c1CCC(=O)N1CCC[C@H]1CN1CCCC1. The van der Waals surface area contributed by atoms with Gasteiger partial charge in [-0.2, -0.15) is 0 Å². The van der Waals surface area contributed by atoms with Crippen molar-refractivity contribution >= 4 is 62.2 Å². The lowest BCUT2D eigenvalue weighted by Crippen LogP contribution is -2.42. The highest BCUT2D eigenvalue weighted by atomic mass is 35.5. The van der Waals surface area contributed by atoms with E-state index in [1.54, 1.807) is 30.3 Å². The summed E-state index contributed by atoms with van der Waals surface area (Å²) in [6.07, 6.45) is 7.44. The highest BCUT2D eigenvalue weighted by Crippen LogP contribution is 2.37. The summed E-state index contributed by atoms with van der Waals surface area (Å²) in [5.41, 5.74) is 5.51. The fourth-order valence-corrected chi connectivity index (χ4v) is 9.04. The number of benzene rings is 2. The fourth-order valence-electron chi connectivity index (χ4n) is 6.92. The third kappa shape index (κ3) is 6.59. The quantitative estimate of drug-likeness (QED) is 0.256. The number of aryl methyl sites for hydroxylation is 1. The number of hydrogen-bond donors (Lipinski definition) is 2. The van der Waals surface area contributed by atoms with Crippen LogP contribution in [0.4, 0.5) is 5.69 Å². The minimum absolute atomic E-state index is 0.0724. The van der Waals surface area contributed by atoms with E-state index in [9.17, 15) is 18.0 Å². The van der Waals surface area contributed by atoms with Crippen molar-refractivity contribution in [3.63, 3.8) is 0 Å². The monoisotopic (exact) mass is 668 g/mol. The molecule has 45 heavy (non-hydrogen) atoms. The molecule has 1 aromatic heterocycles. The van der Waals surface area contributed by atoms with Gasteiger partial charge in [-0.15, -0.1) is 0 Å². The lowest BCUT2D eigenvalue weighted by molar-refractivity contribution is -0.132. The van der Waals surface area contributed by atoms with Gasteiger partial charge in [0.1, 0.15) is 0 Å². The van der Waals surface area contributed by atoms with Crippen LogP contribution in [0.3, 0.4) is 0 Å². The van der Waals surface area contributed by atoms with Gasteiger partial charge in [0, 0.05) is 63.8 Å². The number of nitrogens with one attached hydrogen (secondary N) is 2. The number of carbonyl (C=O) groups is 2. The van der Waals surface area contributed by atoms with Crippen LogP contribution in [0.15, 0.2) is 41.3 Å². The summed E-state index contributed by atoms with van der Waals surface area (Å²) >= 11 is 12.5. The Morgan fingerprint density at radius 2 is 1.76 bits per heavy atom. The van der Waals surface area contributed by atoms with E-state index in [1.165, 1.54) is 25.0 Å². The first-order valence-electron chi connectivity index (χ1n) is 15.5. The summed E-state index contributed by atoms with van der Waals surface area (Å²) in [5, 5.41) is 3.40. The lowest BCUT2D eigenvalue weighted by atomic mass is 10.0. The van der Waals surface area contributed by atoms with Crippen molar-refractivity contribution < 1.29 is 18.0 Å². The van der Waals surface area contributed by atoms with Gasteiger partial charge < -0.3 is 20.1 Å². The Bertz CT molecular complexity index is 1770. The minimum Gasteiger partial charge on any atom is -0.359 e. The number of aromatic nitrogens is 1. The molecule has 0 unspecified atom stereocenters. The van der Waals surface area contributed by atoms with Gasteiger partial charge >= 0.3 is 0 Å². The first-order valence-corrected chi connectivity index (χ1v) is 18.0. The number of likely N-dealkylation sites (tertiary alicyclic amines) is 2. The van der Waals surface area contributed by atoms with E-state index in [-0.39, 0.29) is 32.5 Å². The normalized spacial score (nSPS) is 19.5. The molecule has 3 aliphatic rings. The van der Waals surface area contributed by atoms with Gasteiger partial charge in [0.25, 0.3) is 5.91 Å². The Labute approximate surface area is 274 Å². The number of fused-ring (bicyclic) bond motifs is 1. The van der Waals surface area contributed by atoms with Crippen molar-refractivity contribution in [3.8, 4) is 0 Å². The standard InChI is InChI=1S/C34H38Cl2N4O4S/c1-21-25(11-13-33(41)40-16-6-7-23(40)19-39-14-3-4-15-39)22(2)37-32(21)18-27-26-17-24(10-12-31(26)38-34(27)42)45(43,44)20-28-29(35)8-5-9-30(28)36/h5,8-10,12,17-18,23,37H,3-4,6-7,11,13-16,19-20H2,1-2H3,(H,38,42)/t23-/m0/s1. The molecule has 2 N–H and O–H groups in total. The summed E-state index contributed by atoms with van der Waals surface area (Å²) in [5.74, 6) is -0.472. The smallest absolute Gasteiger partial charge is 0.256 e. The molecule has 0 saturated carbocycles. The molecule has 2 fully saturated rings. The summed E-state index contributed by atoms with van der Waals surface area (Å²) < 4.78 is 26.8. The van der Waals surface area contributed by atoms with Gasteiger partial charge in [0.2, 0.25) is 5.91 Å². The highest BCUT2D eigenvalue weighted by molar-refractivity contribution is 7.90. The Kier molecular flexibility index (Phi) is 9.17. The first kappa shape index (κ1) is 31.9. The van der Waals surface area contributed by atoms with Gasteiger partial charge in [0.15, 0.2) is 9.84 Å². The number of aromatic amines is 1. The van der Waals surface area contributed by atoms with Gasteiger partial charge in [0.05, 0.1) is 16.2 Å². The number of carbonyl (C=O) groups excluding carboxylic acids is 2. The van der Waals surface area contributed by atoms with Crippen LogP contribution in [0.2, 0.25) is 10.0 Å². The molecule has 6 rings (SSSR count). The predicted molar refractivity (Wildman–Crippen MR) is 179 cm³/mol. The van der Waals surface area contributed by atoms with Crippen molar-refractivity contribution in [2.75, 3.05) is 31.5 Å². The first-order chi connectivity index (χ1) is 21.5. The van der Waals surface area contributed by atoms with Crippen LogP contribution in [-0.2, 0) is 31.6 Å². The molecule has 11 heteroatoms. The van der Waals surface area contributed by atoms with E-state index in [1.807, 2.05) is 13.8 Å². The topological polar surface area (TPSA) is 103 Å². The molecule has 0 spiro atoms. The fraction of sp³-hybridized carbons (Fsp3) is 0.412. The molecule has 2 saturated heterocycles. The zero-order valence-corrected chi connectivity index (χ0v) is 27.9. The third-order valence-corrected chi connectivity index (χ3v) is 11.8. The average molecular weight is 670 g/mol. The highest BCUT2D eigenvalue weighted by Gasteiger charge is 2.31. The van der Waals surface area contributed by atoms with Crippen LogP contribution in [0.1, 0.15) is 65.7 Å². The number of amides is 2. The number of rotatable bonds is 9. The molecule has 0 aliphatic carbocycles. The van der Waals surface area contributed by atoms with E-state index in [0.717, 1.165) is 61.5 Å². The Morgan fingerprint density at radius 1 is 1.02 bits per heavy atom. The summed E-state index contributed by atoms with van der Waals surface area (Å²) in [7, 11) is -3.82. The van der Waals surface area contributed by atoms with Crippen molar-refractivity contribution in [1.82, 2.24) is 14.8 Å². The summed E-state index contributed by atoms with van der Waals surface area (Å²) in [4.78, 5) is 34.4. The Balaban J connectivity index is 1.20. The van der Waals surface area contributed by atoms with Crippen LogP contribution >= 0.6 is 23.2 Å². The molecule has 0 radical (unpaired) electrons. The zero-order chi connectivity index (χ0) is 31.9. The maximum Gasteiger partial charge on any atom is 0.256 e. The maximum atomic E-state index is 13.4. The summed E-state index contributed by atoms with van der Waals surface area (Å²) in [6.45, 7) is 8.05. The van der Waals surface area contributed by atoms with Crippen LogP contribution in [-0.4, -0.2) is 67.2 Å². The van der Waals surface area contributed by atoms with Crippen molar-refractivity contribution in [3.05, 3.63) is 80.1 Å². The maximum absolute atomic E-state index is 13.4. The molecule has 2 aromatic carbocycles. The van der Waals surface area contributed by atoms with Gasteiger partial charge in [-0.1, -0.05) is 29.3 Å². The number of halogens is 2. The third-order valence-electron chi connectivity index (χ3n) is 9.40. The van der Waals surface area contributed by atoms with Crippen LogP contribution < -0.4 is 5.32 Å². The number of H-pyrrole nitrogens is 1. The number of nitrogens with zero attached hydrogens (tertiary/aromatic N) is 2. The van der Waals surface area contributed by atoms with Crippen LogP contribution in [0.5, 0.6) is 0 Å². The van der Waals surface area contributed by atoms with Gasteiger partial charge in [-0.25, -0.2) is 8.42 Å². The van der Waals surface area contributed by atoms with Crippen LogP contribution in [0, 0.1) is 13.8 Å². The molecular weight excluding hydrogens is 631 g/mol. The molecule has 3 aliphatic heterocycles. The van der Waals surface area contributed by atoms with Gasteiger partial charge in [-0.3, -0.25) is 9.59 Å². The Hall–Kier alpha value is -3.11. The van der Waals surface area contributed by atoms with E-state index in [2.05, 4.69) is 20.1 Å². The summed E-state index contributed by atoms with van der Waals surface area (Å²) in [6, 6.07) is 9.80. The molecular formula is C34H38Cl2N4O4S. The largest absolute Gasteiger partial charge is 0.359 e. The molecule has 3 aromatic rings. The second-order valence-corrected chi connectivity index (χ2v) is 15.1. The van der Waals surface area contributed by atoms with Crippen molar-refractivity contribution in [1.29, 1.82) is 0 Å². The second-order valence-electron chi connectivity index (χ2n) is 12.3. The molecule has 2 amide bonds. The second kappa shape index (κ2) is 12.9. The Morgan fingerprint density at radius 3 is 2.49 bits per heavy atom. The molecule has 8 nitrogen and oxygen atoms in total. The lowest BCUT2D eigenvalue weighted by Gasteiger charge is -2.28. The number of anilines is 1. The van der Waals surface area contributed by atoms with E-state index < -0.39 is 9.84 Å². The molecule has 1 atom stereocenters. The van der Waals surface area contributed by atoms with E-state index in [0.29, 0.717) is 41.3 Å². The zero-order valence-electron chi connectivity index (χ0n) is 25.6. The van der Waals surface area contributed by atoms with Crippen LogP contribution in [0.25, 0.3) is 11.6 Å². The molecule has 0 bridgehead atoms. The average Bonchev–Trinajstić information content (AvgIpc) is 3.79. The van der Waals surface area contributed by atoms with Crippen molar-refractivity contribution in [2.24, 2.45) is 0 Å². The number of sulfone groups is 1. The number of hydrogen-bond acceptors (Lipinski definition) is 5. The van der Waals surface area contributed by atoms with Crippen molar-refractivity contribution in [2.45, 2.75) is 69.1 Å². The van der Waals surface area contributed by atoms with Gasteiger partial charge in [-0.05, 0) is 107 Å². The minimum atomic E-state index is -3.82. The van der Waals surface area contributed by atoms with E-state index >= 15 is 0 Å². The predicted octanol–water partition coefficient (Wildman–Crippen LogP) is 6.42.